The predicted octanol–water partition coefficient (Wildman–Crippen LogP) is 4.46. The summed E-state index contributed by atoms with van der Waals surface area (Å²) in [6.45, 7) is 0.450. The molecule has 0 aliphatic carbocycles. The molecule has 0 fully saturated rings. The highest BCUT2D eigenvalue weighted by atomic mass is 32.2. The van der Waals surface area contributed by atoms with Crippen molar-refractivity contribution < 1.29 is 4.39 Å². The van der Waals surface area contributed by atoms with Gasteiger partial charge in [-0.05, 0) is 48.2 Å². The Kier molecular flexibility index (Phi) is 5.50. The van der Waals surface area contributed by atoms with E-state index in [9.17, 15) is 4.39 Å². The van der Waals surface area contributed by atoms with Crippen LogP contribution in [0.25, 0.3) is 56.1 Å². The fraction of sp³-hybridized carbons (Fsp3) is 0.0769. The highest BCUT2D eigenvalue weighted by Crippen LogP contribution is 2.31. The van der Waals surface area contributed by atoms with Crippen LogP contribution in [-0.2, 0) is 6.54 Å². The maximum Gasteiger partial charge on any atom is 0.161 e. The first kappa shape index (κ1) is 23.0. The van der Waals surface area contributed by atoms with Crippen LogP contribution in [0.5, 0.6) is 0 Å². The largest absolute Gasteiger partial charge is 0.336 e. The number of hydrogen-bond donors (Lipinski definition) is 3. The Balaban J connectivity index is 1.44. The van der Waals surface area contributed by atoms with Gasteiger partial charge in [-0.15, -0.1) is 0 Å². The van der Waals surface area contributed by atoms with Gasteiger partial charge in [0.05, 0.1) is 22.4 Å². The first-order chi connectivity index (χ1) is 17.8. The molecule has 11 heteroatoms. The second-order valence-electron chi connectivity index (χ2n) is 8.88. The summed E-state index contributed by atoms with van der Waals surface area (Å²) < 4.78 is 17.8. The molecule has 0 bridgehead atoms. The van der Waals surface area contributed by atoms with Gasteiger partial charge in [-0.1, -0.05) is 11.7 Å². The van der Waals surface area contributed by atoms with E-state index in [-0.39, 0.29) is 5.82 Å². The SMILES string of the molecule is C=S(=C)(C)NCc1cc(F)cc(-c2nccc3[nH]c(-c4n[nH]c5ccc(-c6cncnc6)nc45)nc23)c1. The average molecular weight is 512 g/mol. The molecule has 37 heavy (non-hydrogen) atoms. The zero-order chi connectivity index (χ0) is 25.6. The minimum absolute atomic E-state index is 0.353. The number of benzene rings is 1. The number of rotatable bonds is 6. The predicted molar refractivity (Wildman–Crippen MR) is 148 cm³/mol. The molecular formula is C26H22FN9S. The number of nitrogens with one attached hydrogen (secondary N) is 3. The molecule has 9 nitrogen and oxygen atoms in total. The van der Waals surface area contributed by atoms with E-state index in [1.165, 1.54) is 18.5 Å². The molecule has 0 saturated carbocycles. The first-order valence-corrected chi connectivity index (χ1v) is 13.7. The molecule has 0 saturated heterocycles. The quantitative estimate of drug-likeness (QED) is 0.282. The van der Waals surface area contributed by atoms with Crippen molar-refractivity contribution in [3.05, 3.63) is 72.7 Å². The molecule has 0 aliphatic heterocycles. The van der Waals surface area contributed by atoms with Crippen molar-refractivity contribution in [2.45, 2.75) is 6.54 Å². The van der Waals surface area contributed by atoms with Crippen LogP contribution in [-0.4, -0.2) is 58.1 Å². The van der Waals surface area contributed by atoms with Crippen molar-refractivity contribution in [3.8, 4) is 34.0 Å². The number of aromatic amines is 2. The Labute approximate surface area is 211 Å². The van der Waals surface area contributed by atoms with Gasteiger partial charge in [0.2, 0.25) is 0 Å². The molecule has 5 aromatic heterocycles. The normalized spacial score (nSPS) is 11.9. The van der Waals surface area contributed by atoms with Gasteiger partial charge in [-0.3, -0.25) is 14.8 Å². The minimum Gasteiger partial charge on any atom is -0.336 e. The molecule has 0 spiro atoms. The number of aromatic nitrogens is 8. The van der Waals surface area contributed by atoms with E-state index in [4.69, 9.17) is 9.97 Å². The topological polar surface area (TPSA) is 121 Å². The van der Waals surface area contributed by atoms with Gasteiger partial charge in [0, 0.05) is 36.3 Å². The van der Waals surface area contributed by atoms with Crippen molar-refractivity contribution in [1.82, 2.24) is 44.8 Å². The molecule has 6 aromatic rings. The summed E-state index contributed by atoms with van der Waals surface area (Å²) in [6.07, 6.45) is 8.50. The summed E-state index contributed by atoms with van der Waals surface area (Å²) in [4.78, 5) is 25.6. The number of fused-ring (bicyclic) bond motifs is 2. The maximum absolute atomic E-state index is 14.6. The monoisotopic (exact) mass is 511 g/mol. The standard InChI is InChI=1S/C26H22FN9S/c1-37(2,3)31-11-15-8-16(10-18(27)9-15)22-23-20(6-7-30-22)33-26(34-23)25-24-21(35-36-25)5-4-19(32-24)17-12-28-14-29-13-17/h4-10,12-14,31H,1-2,11H2,3H3,(H,33,34)(H,35,36). The van der Waals surface area contributed by atoms with Crippen molar-refractivity contribution >= 4 is 43.2 Å². The lowest BCUT2D eigenvalue weighted by molar-refractivity contribution is 0.625. The van der Waals surface area contributed by atoms with Crippen LogP contribution in [0.4, 0.5) is 4.39 Å². The summed E-state index contributed by atoms with van der Waals surface area (Å²) in [5.41, 5.74) is 6.82. The lowest BCUT2D eigenvalue weighted by Crippen LogP contribution is -2.08. The van der Waals surface area contributed by atoms with Gasteiger partial charge in [0.25, 0.3) is 0 Å². The Morgan fingerprint density at radius 3 is 2.57 bits per heavy atom. The molecule has 0 unspecified atom stereocenters. The number of nitrogens with zero attached hydrogens (tertiary/aromatic N) is 6. The van der Waals surface area contributed by atoms with E-state index in [0.717, 1.165) is 27.9 Å². The van der Waals surface area contributed by atoms with Gasteiger partial charge in [0.15, 0.2) is 11.5 Å². The molecule has 0 atom stereocenters. The lowest BCUT2D eigenvalue weighted by Gasteiger charge is -2.12. The van der Waals surface area contributed by atoms with Gasteiger partial charge < -0.3 is 4.98 Å². The van der Waals surface area contributed by atoms with Gasteiger partial charge in [-0.2, -0.15) is 14.5 Å². The fourth-order valence-corrected chi connectivity index (χ4v) is 4.58. The van der Waals surface area contributed by atoms with Crippen LogP contribution in [0.2, 0.25) is 0 Å². The number of H-pyrrole nitrogens is 2. The smallest absolute Gasteiger partial charge is 0.161 e. The van der Waals surface area contributed by atoms with E-state index in [2.05, 4.69) is 46.6 Å². The molecule has 3 N–H and O–H groups in total. The third-order valence-corrected chi connectivity index (χ3v) is 6.59. The average Bonchev–Trinajstić information content (AvgIpc) is 3.51. The molecule has 0 amide bonds. The summed E-state index contributed by atoms with van der Waals surface area (Å²) in [5, 5.41) is 7.48. The van der Waals surface area contributed by atoms with Crippen molar-refractivity contribution in [3.63, 3.8) is 0 Å². The number of pyridine rings is 2. The summed E-state index contributed by atoms with van der Waals surface area (Å²) in [5.74, 6) is 8.21. The van der Waals surface area contributed by atoms with Crippen LogP contribution in [0.1, 0.15) is 5.56 Å². The zero-order valence-electron chi connectivity index (χ0n) is 19.9. The minimum atomic E-state index is -1.44. The molecule has 6 rings (SSSR count). The number of halogens is 1. The highest BCUT2D eigenvalue weighted by Gasteiger charge is 2.18. The number of hydrogen-bond acceptors (Lipinski definition) is 7. The molecule has 1 aromatic carbocycles. The van der Waals surface area contributed by atoms with Crippen LogP contribution in [0.15, 0.2) is 61.3 Å². The Hall–Kier alpha value is -4.48. The summed E-state index contributed by atoms with van der Waals surface area (Å²) in [7, 11) is -1.44. The summed E-state index contributed by atoms with van der Waals surface area (Å²) in [6, 6.07) is 10.5. The van der Waals surface area contributed by atoms with Gasteiger partial charge in [-0.25, -0.2) is 24.3 Å². The van der Waals surface area contributed by atoms with Crippen molar-refractivity contribution in [2.75, 3.05) is 6.26 Å². The van der Waals surface area contributed by atoms with Crippen LogP contribution < -0.4 is 4.72 Å². The van der Waals surface area contributed by atoms with E-state index < -0.39 is 9.39 Å². The third kappa shape index (κ3) is 4.57. The van der Waals surface area contributed by atoms with Crippen LogP contribution in [0, 0.1) is 5.82 Å². The summed E-state index contributed by atoms with van der Waals surface area (Å²) >= 11 is 0. The highest BCUT2D eigenvalue weighted by molar-refractivity contribution is 8.25. The lowest BCUT2D eigenvalue weighted by atomic mass is 10.1. The second-order valence-corrected chi connectivity index (χ2v) is 11.7. The fourth-order valence-electron chi connectivity index (χ4n) is 4.06. The third-order valence-electron chi connectivity index (χ3n) is 5.75. The van der Waals surface area contributed by atoms with E-state index in [0.29, 0.717) is 40.4 Å². The van der Waals surface area contributed by atoms with Crippen molar-refractivity contribution in [2.24, 2.45) is 0 Å². The molecule has 0 aliphatic rings. The molecule has 5 heterocycles. The van der Waals surface area contributed by atoms with Gasteiger partial charge >= 0.3 is 0 Å². The molecule has 184 valence electrons. The van der Waals surface area contributed by atoms with Crippen LogP contribution >= 0.6 is 9.39 Å². The van der Waals surface area contributed by atoms with E-state index in [1.807, 2.05) is 30.5 Å². The van der Waals surface area contributed by atoms with Crippen molar-refractivity contribution in [1.29, 1.82) is 0 Å². The van der Waals surface area contributed by atoms with E-state index >= 15 is 0 Å². The van der Waals surface area contributed by atoms with Crippen LogP contribution in [0.3, 0.4) is 0 Å². The Morgan fingerprint density at radius 2 is 1.76 bits per heavy atom. The number of imidazole rings is 1. The maximum atomic E-state index is 14.6. The molecular weight excluding hydrogens is 489 g/mol. The van der Waals surface area contributed by atoms with E-state index in [1.54, 1.807) is 18.6 Å². The second kappa shape index (κ2) is 8.87. The van der Waals surface area contributed by atoms with Gasteiger partial charge in [0.1, 0.15) is 23.2 Å². The zero-order valence-corrected chi connectivity index (χ0v) is 20.7. The Morgan fingerprint density at radius 1 is 0.946 bits per heavy atom. The molecule has 0 radical (unpaired) electrons. The Bertz CT molecular complexity index is 1880. The first-order valence-electron chi connectivity index (χ1n) is 11.3.